The summed E-state index contributed by atoms with van der Waals surface area (Å²) < 4.78 is 0. The van der Waals surface area contributed by atoms with Gasteiger partial charge in [0.05, 0.1) is 0 Å². The monoisotopic (exact) mass is 146 g/mol. The topological polar surface area (TPSA) is 29.3 Å². The Kier molecular flexibility index (Phi) is 1.40. The molecule has 2 aliphatic rings. The van der Waals surface area contributed by atoms with Crippen molar-refractivity contribution in [3.8, 4) is 0 Å². The highest BCUT2D eigenvalue weighted by molar-refractivity contribution is 5.34. The van der Waals surface area contributed by atoms with E-state index in [0.717, 1.165) is 5.70 Å². The van der Waals surface area contributed by atoms with Crippen molar-refractivity contribution in [2.24, 2.45) is 5.73 Å². The maximum atomic E-state index is 5.69. The number of hydrogen-bond acceptors (Lipinski definition) is 2. The van der Waals surface area contributed by atoms with E-state index in [0.29, 0.717) is 0 Å². The van der Waals surface area contributed by atoms with E-state index in [1.54, 1.807) is 0 Å². The van der Waals surface area contributed by atoms with Crippen molar-refractivity contribution in [3.05, 3.63) is 48.5 Å². The third-order valence-corrected chi connectivity index (χ3v) is 1.76. The van der Waals surface area contributed by atoms with Gasteiger partial charge in [0.15, 0.2) is 0 Å². The molecule has 0 amide bonds. The van der Waals surface area contributed by atoms with Crippen LogP contribution < -0.4 is 5.73 Å². The smallest absolute Gasteiger partial charge is 0.0450 e. The fraction of sp³-hybridized carbons (Fsp3) is 0.111. The second-order valence-corrected chi connectivity index (χ2v) is 2.62. The molecule has 2 heterocycles. The quantitative estimate of drug-likeness (QED) is 0.554. The summed E-state index contributed by atoms with van der Waals surface area (Å²) in [6.07, 6.45) is 14.0. The number of allylic oxidation sites excluding steroid dienone is 3. The molecule has 0 saturated heterocycles. The summed E-state index contributed by atoms with van der Waals surface area (Å²) in [5.74, 6) is 0. The molecule has 2 heteroatoms. The molecule has 0 fully saturated rings. The number of nitrogens with two attached hydrogens (primary N) is 1. The van der Waals surface area contributed by atoms with Crippen LogP contribution in [0.15, 0.2) is 48.5 Å². The molecule has 11 heavy (non-hydrogen) atoms. The molecular weight excluding hydrogens is 136 g/mol. The molecule has 0 aromatic rings. The maximum absolute atomic E-state index is 5.69. The number of fused-ring (bicyclic) bond motifs is 1. The van der Waals surface area contributed by atoms with Crippen LogP contribution >= 0.6 is 0 Å². The van der Waals surface area contributed by atoms with Crippen LogP contribution in [0.3, 0.4) is 0 Å². The van der Waals surface area contributed by atoms with Crippen LogP contribution in [0.4, 0.5) is 0 Å². The molecule has 0 aromatic heterocycles. The second-order valence-electron chi connectivity index (χ2n) is 2.62. The van der Waals surface area contributed by atoms with Crippen molar-refractivity contribution in [2.75, 3.05) is 0 Å². The Morgan fingerprint density at radius 3 is 3.09 bits per heavy atom. The van der Waals surface area contributed by atoms with Crippen LogP contribution in [-0.4, -0.2) is 10.9 Å². The molecule has 0 bridgehead atoms. The molecule has 0 saturated carbocycles. The van der Waals surface area contributed by atoms with Gasteiger partial charge in [0.2, 0.25) is 0 Å². The largest absolute Gasteiger partial charge is 0.324 e. The van der Waals surface area contributed by atoms with Gasteiger partial charge >= 0.3 is 0 Å². The summed E-state index contributed by atoms with van der Waals surface area (Å²) in [5, 5.41) is 0. The predicted molar refractivity (Wildman–Crippen MR) is 45.3 cm³/mol. The van der Waals surface area contributed by atoms with Crippen LogP contribution in [0.5, 0.6) is 0 Å². The first-order valence-corrected chi connectivity index (χ1v) is 3.65. The van der Waals surface area contributed by atoms with Crippen molar-refractivity contribution in [3.63, 3.8) is 0 Å². The molecule has 1 unspecified atom stereocenters. The average molecular weight is 146 g/mol. The Labute approximate surface area is 66.0 Å². The maximum Gasteiger partial charge on any atom is 0.0450 e. The molecule has 2 aliphatic heterocycles. The SMILES string of the molecule is NC1C=CN2C=CC=CC2=C1. The minimum absolute atomic E-state index is 0.0670. The zero-order chi connectivity index (χ0) is 7.68. The van der Waals surface area contributed by atoms with Crippen LogP contribution in [0, 0.1) is 0 Å². The van der Waals surface area contributed by atoms with E-state index in [-0.39, 0.29) is 6.04 Å². The first kappa shape index (κ1) is 6.43. The van der Waals surface area contributed by atoms with Gasteiger partial charge in [0, 0.05) is 24.1 Å². The van der Waals surface area contributed by atoms with E-state index in [1.165, 1.54) is 0 Å². The lowest BCUT2D eigenvalue weighted by Crippen LogP contribution is -2.23. The summed E-state index contributed by atoms with van der Waals surface area (Å²) in [7, 11) is 0. The van der Waals surface area contributed by atoms with Crippen LogP contribution in [0.25, 0.3) is 0 Å². The standard InChI is InChI=1S/C9H10N2/c10-8-4-6-11-5-2-1-3-9(11)7-8/h1-8H,10H2. The molecule has 2 nitrogen and oxygen atoms in total. The van der Waals surface area contributed by atoms with Gasteiger partial charge in [-0.3, -0.25) is 0 Å². The third-order valence-electron chi connectivity index (χ3n) is 1.76. The predicted octanol–water partition coefficient (Wildman–Crippen LogP) is 1.11. The van der Waals surface area contributed by atoms with Crippen LogP contribution in [-0.2, 0) is 0 Å². The molecule has 2 N–H and O–H groups in total. The summed E-state index contributed by atoms with van der Waals surface area (Å²) in [4.78, 5) is 2.04. The Morgan fingerprint density at radius 2 is 2.18 bits per heavy atom. The number of hydrogen-bond donors (Lipinski definition) is 1. The van der Waals surface area contributed by atoms with Gasteiger partial charge in [-0.25, -0.2) is 0 Å². The summed E-state index contributed by atoms with van der Waals surface area (Å²) in [6, 6.07) is 0.0670. The van der Waals surface area contributed by atoms with Crippen molar-refractivity contribution < 1.29 is 0 Å². The van der Waals surface area contributed by atoms with E-state index in [4.69, 9.17) is 5.73 Å². The molecular formula is C9H10N2. The minimum atomic E-state index is 0.0670. The van der Waals surface area contributed by atoms with E-state index < -0.39 is 0 Å². The van der Waals surface area contributed by atoms with Gasteiger partial charge in [-0.2, -0.15) is 0 Å². The minimum Gasteiger partial charge on any atom is -0.324 e. The summed E-state index contributed by atoms with van der Waals surface area (Å²) in [6.45, 7) is 0. The fourth-order valence-electron chi connectivity index (χ4n) is 1.19. The van der Waals surface area contributed by atoms with E-state index in [1.807, 2.05) is 47.7 Å². The Hall–Kier alpha value is -1.28. The van der Waals surface area contributed by atoms with Crippen molar-refractivity contribution in [2.45, 2.75) is 6.04 Å². The van der Waals surface area contributed by atoms with E-state index in [2.05, 4.69) is 0 Å². The number of nitrogens with zero attached hydrogens (tertiary/aromatic N) is 1. The Morgan fingerprint density at radius 1 is 1.27 bits per heavy atom. The van der Waals surface area contributed by atoms with Gasteiger partial charge < -0.3 is 10.6 Å². The highest BCUT2D eigenvalue weighted by atomic mass is 15.1. The second kappa shape index (κ2) is 2.40. The summed E-state index contributed by atoms with van der Waals surface area (Å²) >= 11 is 0. The molecule has 56 valence electrons. The van der Waals surface area contributed by atoms with Crippen LogP contribution in [0.2, 0.25) is 0 Å². The zero-order valence-electron chi connectivity index (χ0n) is 6.14. The lowest BCUT2D eigenvalue weighted by Gasteiger charge is -2.23. The normalized spacial score (nSPS) is 26.8. The lowest BCUT2D eigenvalue weighted by atomic mass is 10.1. The highest BCUT2D eigenvalue weighted by Crippen LogP contribution is 2.16. The van der Waals surface area contributed by atoms with Crippen molar-refractivity contribution >= 4 is 0 Å². The van der Waals surface area contributed by atoms with Crippen LogP contribution in [0.1, 0.15) is 0 Å². The molecule has 2 rings (SSSR count). The Bertz CT molecular complexity index is 271. The van der Waals surface area contributed by atoms with Gasteiger partial charge in [-0.05, 0) is 24.3 Å². The van der Waals surface area contributed by atoms with Gasteiger partial charge in [-0.1, -0.05) is 6.08 Å². The zero-order valence-corrected chi connectivity index (χ0v) is 6.14. The van der Waals surface area contributed by atoms with Crippen molar-refractivity contribution in [1.29, 1.82) is 0 Å². The van der Waals surface area contributed by atoms with E-state index >= 15 is 0 Å². The van der Waals surface area contributed by atoms with Crippen molar-refractivity contribution in [1.82, 2.24) is 4.90 Å². The molecule has 1 atom stereocenters. The lowest BCUT2D eigenvalue weighted by molar-refractivity contribution is 0.619. The van der Waals surface area contributed by atoms with Gasteiger partial charge in [-0.15, -0.1) is 0 Å². The fourth-order valence-corrected chi connectivity index (χ4v) is 1.19. The first-order valence-electron chi connectivity index (χ1n) is 3.65. The third kappa shape index (κ3) is 1.12. The molecule has 0 spiro atoms. The molecule has 0 aliphatic carbocycles. The average Bonchev–Trinajstić information content (AvgIpc) is 2.04. The highest BCUT2D eigenvalue weighted by Gasteiger charge is 2.08. The first-order chi connectivity index (χ1) is 5.36. The van der Waals surface area contributed by atoms with Gasteiger partial charge in [0.1, 0.15) is 0 Å². The van der Waals surface area contributed by atoms with E-state index in [9.17, 15) is 0 Å². The van der Waals surface area contributed by atoms with Gasteiger partial charge in [0.25, 0.3) is 0 Å². The molecule has 0 aromatic carbocycles. The summed E-state index contributed by atoms with van der Waals surface area (Å²) in [5.41, 5.74) is 6.85. The Balaban J connectivity index is 2.31. The number of rotatable bonds is 0. The molecule has 0 radical (unpaired) electrons.